The van der Waals surface area contributed by atoms with Gasteiger partial charge in [-0.2, -0.15) is 0 Å². The van der Waals surface area contributed by atoms with Crippen molar-refractivity contribution in [3.05, 3.63) is 71.3 Å². The summed E-state index contributed by atoms with van der Waals surface area (Å²) in [6.07, 6.45) is 2.60. The van der Waals surface area contributed by atoms with Crippen LogP contribution in [0.25, 0.3) is 0 Å². The molecule has 4 N–H and O–H groups in total. The summed E-state index contributed by atoms with van der Waals surface area (Å²) in [4.78, 5) is 11.4. The number of ether oxygens (including phenoxy) is 1. The predicted octanol–water partition coefficient (Wildman–Crippen LogP) is 4.93. The summed E-state index contributed by atoms with van der Waals surface area (Å²) in [5, 5.41) is 24.3. The molecule has 1 atom stereocenters. The number of allylic oxidation sites excluding steroid dienone is 1. The molecule has 0 aliphatic heterocycles. The fraction of sp³-hybridized carbons (Fsp3) is 0.375. The molecule has 30 heavy (non-hydrogen) atoms. The predicted molar refractivity (Wildman–Crippen MR) is 123 cm³/mol. The lowest BCUT2D eigenvalue weighted by Gasteiger charge is -2.15. The van der Waals surface area contributed by atoms with Crippen LogP contribution < -0.4 is 10.6 Å². The maximum absolute atomic E-state index is 11.4. The van der Waals surface area contributed by atoms with Crippen molar-refractivity contribution in [2.75, 3.05) is 23.8 Å². The molecule has 0 heterocycles. The third-order valence-corrected chi connectivity index (χ3v) is 4.08. The molecular formula is C24H34N2O4. The van der Waals surface area contributed by atoms with Crippen LogP contribution in [0.2, 0.25) is 0 Å². The fourth-order valence-electron chi connectivity index (χ4n) is 2.38. The monoisotopic (exact) mass is 414 g/mol. The minimum atomic E-state index is -0.690. The first-order valence-corrected chi connectivity index (χ1v) is 10.2. The fourth-order valence-corrected chi connectivity index (χ4v) is 2.38. The lowest BCUT2D eigenvalue weighted by molar-refractivity contribution is 0.131. The largest absolute Gasteiger partial charge is 0.447 e. The van der Waals surface area contributed by atoms with Crippen molar-refractivity contribution in [2.24, 2.45) is 0 Å². The van der Waals surface area contributed by atoms with Gasteiger partial charge in [0.25, 0.3) is 0 Å². The maximum atomic E-state index is 11.4. The van der Waals surface area contributed by atoms with E-state index in [2.05, 4.69) is 24.5 Å². The normalized spacial score (nSPS) is 11.7. The molecule has 1 unspecified atom stereocenters. The molecule has 0 spiro atoms. The van der Waals surface area contributed by atoms with Crippen molar-refractivity contribution in [3.63, 3.8) is 0 Å². The van der Waals surface area contributed by atoms with Crippen LogP contribution in [0.5, 0.6) is 0 Å². The van der Waals surface area contributed by atoms with Gasteiger partial charge in [0.15, 0.2) is 0 Å². The third-order valence-electron chi connectivity index (χ3n) is 4.08. The summed E-state index contributed by atoms with van der Waals surface area (Å²) < 4.78 is 4.75. The van der Waals surface area contributed by atoms with E-state index >= 15 is 0 Å². The van der Waals surface area contributed by atoms with Gasteiger partial charge in [-0.05, 0) is 61.2 Å². The van der Waals surface area contributed by atoms with E-state index in [1.165, 1.54) is 6.42 Å². The van der Waals surface area contributed by atoms with Crippen LogP contribution >= 0.6 is 0 Å². The molecule has 0 aromatic heterocycles. The van der Waals surface area contributed by atoms with Gasteiger partial charge in [-0.15, -0.1) is 0 Å². The average molecular weight is 415 g/mol. The lowest BCUT2D eigenvalue weighted by Crippen LogP contribution is -2.19. The number of amides is 1. The molecule has 2 aromatic carbocycles. The highest BCUT2D eigenvalue weighted by atomic mass is 16.6. The SMILES string of the molecule is CC=C(C)C(O)Nc1ccc(Cc2ccc(NC(=O)OCCO)cc2)cc1.CCC. The van der Waals surface area contributed by atoms with E-state index < -0.39 is 12.3 Å². The van der Waals surface area contributed by atoms with Crippen molar-refractivity contribution in [2.45, 2.75) is 46.8 Å². The van der Waals surface area contributed by atoms with E-state index in [1.807, 2.05) is 68.5 Å². The molecule has 1 amide bonds. The zero-order chi connectivity index (χ0) is 22.4. The number of nitrogens with one attached hydrogen (secondary N) is 2. The first kappa shape index (κ1) is 25.2. The molecule has 0 saturated carbocycles. The smallest absolute Gasteiger partial charge is 0.411 e. The number of hydrogen-bond acceptors (Lipinski definition) is 5. The van der Waals surface area contributed by atoms with Crippen molar-refractivity contribution < 1.29 is 19.7 Å². The summed E-state index contributed by atoms with van der Waals surface area (Å²) in [6, 6.07) is 15.4. The molecule has 0 saturated heterocycles. The molecule has 0 fully saturated rings. The zero-order valence-electron chi connectivity index (χ0n) is 18.3. The minimum Gasteiger partial charge on any atom is -0.447 e. The van der Waals surface area contributed by atoms with Gasteiger partial charge in [-0.3, -0.25) is 5.32 Å². The van der Waals surface area contributed by atoms with Gasteiger partial charge >= 0.3 is 6.09 Å². The molecule has 0 radical (unpaired) electrons. The standard InChI is InChI=1S/C21H26N2O4.C3H8/c1-3-15(2)20(25)22-18-8-4-16(5-9-18)14-17-6-10-19(11-7-17)23-21(26)27-13-12-24;1-3-2/h3-11,20,22,24-25H,12-14H2,1-2H3,(H,23,26);3H2,1-2H3. The number of carbonyl (C=O) groups is 1. The molecule has 164 valence electrons. The van der Waals surface area contributed by atoms with Crippen LogP contribution in [0.4, 0.5) is 16.2 Å². The van der Waals surface area contributed by atoms with Crippen LogP contribution in [-0.2, 0) is 11.2 Å². The van der Waals surface area contributed by atoms with Crippen molar-refractivity contribution >= 4 is 17.5 Å². The van der Waals surface area contributed by atoms with E-state index in [-0.39, 0.29) is 13.2 Å². The Morgan fingerprint density at radius 1 is 1.03 bits per heavy atom. The van der Waals surface area contributed by atoms with Crippen molar-refractivity contribution in [1.29, 1.82) is 0 Å². The third kappa shape index (κ3) is 9.58. The number of anilines is 2. The van der Waals surface area contributed by atoms with Gasteiger partial charge in [0.1, 0.15) is 12.8 Å². The Kier molecular flexibility index (Phi) is 11.9. The van der Waals surface area contributed by atoms with Gasteiger partial charge in [0, 0.05) is 11.4 Å². The molecule has 0 aliphatic carbocycles. The highest BCUT2D eigenvalue weighted by Crippen LogP contribution is 2.17. The number of rotatable bonds is 8. The molecular weight excluding hydrogens is 380 g/mol. The van der Waals surface area contributed by atoms with Crippen LogP contribution in [-0.4, -0.2) is 35.7 Å². The summed E-state index contributed by atoms with van der Waals surface area (Å²) >= 11 is 0. The Morgan fingerprint density at radius 3 is 2.00 bits per heavy atom. The average Bonchev–Trinajstić information content (AvgIpc) is 2.75. The molecule has 2 aromatic rings. The number of aliphatic hydroxyl groups excluding tert-OH is 2. The van der Waals surface area contributed by atoms with E-state index in [1.54, 1.807) is 0 Å². The van der Waals surface area contributed by atoms with Crippen LogP contribution in [0.15, 0.2) is 60.2 Å². The Balaban J connectivity index is 0.00000141. The number of aliphatic hydroxyl groups is 2. The topological polar surface area (TPSA) is 90.8 Å². The van der Waals surface area contributed by atoms with Gasteiger partial charge in [-0.25, -0.2) is 4.79 Å². The second-order valence-corrected chi connectivity index (χ2v) is 6.84. The van der Waals surface area contributed by atoms with Crippen LogP contribution in [0.3, 0.4) is 0 Å². The van der Waals surface area contributed by atoms with E-state index in [9.17, 15) is 9.90 Å². The van der Waals surface area contributed by atoms with Crippen LogP contribution in [0.1, 0.15) is 45.2 Å². The summed E-state index contributed by atoms with van der Waals surface area (Å²) in [5.74, 6) is 0. The maximum Gasteiger partial charge on any atom is 0.411 e. The Hall–Kier alpha value is -2.83. The molecule has 0 aliphatic rings. The second kappa shape index (κ2) is 14.2. The van der Waals surface area contributed by atoms with E-state index in [0.717, 1.165) is 28.8 Å². The van der Waals surface area contributed by atoms with Gasteiger partial charge in [-0.1, -0.05) is 50.6 Å². The highest BCUT2D eigenvalue weighted by Gasteiger charge is 2.06. The van der Waals surface area contributed by atoms with Gasteiger partial charge in [0.05, 0.1) is 6.61 Å². The Labute approximate surface area is 179 Å². The number of benzene rings is 2. The highest BCUT2D eigenvalue weighted by molar-refractivity contribution is 5.84. The summed E-state index contributed by atoms with van der Waals surface area (Å²) in [5.41, 5.74) is 4.60. The molecule has 0 bridgehead atoms. The minimum absolute atomic E-state index is 0.0277. The molecule has 6 heteroatoms. The zero-order valence-corrected chi connectivity index (χ0v) is 18.3. The second-order valence-electron chi connectivity index (χ2n) is 6.84. The Morgan fingerprint density at radius 2 is 1.53 bits per heavy atom. The van der Waals surface area contributed by atoms with Crippen molar-refractivity contribution in [1.82, 2.24) is 0 Å². The first-order chi connectivity index (χ1) is 14.4. The van der Waals surface area contributed by atoms with Crippen LogP contribution in [0, 0.1) is 0 Å². The number of hydrogen-bond donors (Lipinski definition) is 4. The summed E-state index contributed by atoms with van der Waals surface area (Å²) in [7, 11) is 0. The van der Waals surface area contributed by atoms with Gasteiger partial charge in [0.2, 0.25) is 0 Å². The molecule has 2 rings (SSSR count). The number of carbonyl (C=O) groups excluding carboxylic acids is 1. The van der Waals surface area contributed by atoms with Gasteiger partial charge < -0.3 is 20.3 Å². The first-order valence-electron chi connectivity index (χ1n) is 10.2. The van der Waals surface area contributed by atoms with Crippen molar-refractivity contribution in [3.8, 4) is 0 Å². The lowest BCUT2D eigenvalue weighted by atomic mass is 10.0. The Bertz CT molecular complexity index is 771. The molecule has 6 nitrogen and oxygen atoms in total. The summed E-state index contributed by atoms with van der Waals surface area (Å²) in [6.45, 7) is 7.79. The quantitative estimate of drug-likeness (QED) is 0.363. The van der Waals surface area contributed by atoms with E-state index in [4.69, 9.17) is 9.84 Å². The van der Waals surface area contributed by atoms with E-state index in [0.29, 0.717) is 5.69 Å².